The average molecular weight is 314 g/mol. The highest BCUT2D eigenvalue weighted by Crippen LogP contribution is 2.31. The van der Waals surface area contributed by atoms with Crippen molar-refractivity contribution in [1.82, 2.24) is 9.62 Å². The lowest BCUT2D eigenvalue weighted by Gasteiger charge is -2.30. The maximum Gasteiger partial charge on any atom is 0.246 e. The Labute approximate surface area is 125 Å². The molecule has 3 rings (SSSR count). The average Bonchev–Trinajstić information content (AvgIpc) is 2.99. The molecule has 1 N–H and O–H groups in total. The van der Waals surface area contributed by atoms with Crippen molar-refractivity contribution in [3.05, 3.63) is 17.6 Å². The largest absolute Gasteiger partial charge is 0.464 e. The number of sulfonamides is 1. The van der Waals surface area contributed by atoms with Crippen molar-refractivity contribution in [2.45, 2.75) is 50.3 Å². The highest BCUT2D eigenvalue weighted by Gasteiger charge is 2.40. The lowest BCUT2D eigenvalue weighted by atomic mass is 10.2. The first-order valence-corrected chi connectivity index (χ1v) is 8.90. The minimum atomic E-state index is -3.49. The Hall–Kier alpha value is -0.890. The van der Waals surface area contributed by atoms with Gasteiger partial charge in [0.2, 0.25) is 10.0 Å². The van der Waals surface area contributed by atoms with Gasteiger partial charge in [0.05, 0.1) is 18.8 Å². The van der Waals surface area contributed by atoms with Gasteiger partial charge in [0.1, 0.15) is 16.4 Å². The number of fused-ring (bicyclic) bond motifs is 2. The van der Waals surface area contributed by atoms with Crippen LogP contribution >= 0.6 is 0 Å². The van der Waals surface area contributed by atoms with Crippen molar-refractivity contribution < 1.29 is 17.6 Å². The molecular weight excluding hydrogens is 292 g/mol. The number of hydrogen-bond donors (Lipinski definition) is 1. The third kappa shape index (κ3) is 2.88. The van der Waals surface area contributed by atoms with Crippen LogP contribution in [0.2, 0.25) is 0 Å². The Bertz CT molecular complexity index is 598. The molecule has 2 fully saturated rings. The topological polar surface area (TPSA) is 71.8 Å². The zero-order valence-electron chi connectivity index (χ0n) is 12.5. The maximum absolute atomic E-state index is 12.8. The number of ether oxygens (including phenoxy) is 1. The lowest BCUT2D eigenvalue weighted by Crippen LogP contribution is -2.45. The Morgan fingerprint density at radius 3 is 2.62 bits per heavy atom. The van der Waals surface area contributed by atoms with Gasteiger partial charge in [-0.25, -0.2) is 8.42 Å². The SMILES string of the molecule is CCNCc1cc(S(=O)(=O)N2CC3CCC(C2)O3)c(C)o1. The summed E-state index contributed by atoms with van der Waals surface area (Å²) < 4.78 is 38.4. The molecular formula is C14H22N2O4S. The van der Waals surface area contributed by atoms with Gasteiger partial charge in [-0.1, -0.05) is 6.92 Å². The number of rotatable bonds is 5. The second kappa shape index (κ2) is 5.72. The minimum absolute atomic E-state index is 0.0481. The van der Waals surface area contributed by atoms with Gasteiger partial charge in [-0.15, -0.1) is 0 Å². The van der Waals surface area contributed by atoms with E-state index in [2.05, 4.69) is 5.32 Å². The Morgan fingerprint density at radius 1 is 1.33 bits per heavy atom. The van der Waals surface area contributed by atoms with E-state index in [1.807, 2.05) is 6.92 Å². The van der Waals surface area contributed by atoms with Crippen LogP contribution in [0, 0.1) is 6.92 Å². The molecule has 2 aliphatic rings. The molecule has 2 aliphatic heterocycles. The molecule has 7 heteroatoms. The van der Waals surface area contributed by atoms with E-state index in [1.54, 1.807) is 17.3 Å². The second-order valence-corrected chi connectivity index (χ2v) is 7.60. The molecule has 0 saturated carbocycles. The fraction of sp³-hybridized carbons (Fsp3) is 0.714. The van der Waals surface area contributed by atoms with Gasteiger partial charge in [0.25, 0.3) is 0 Å². The summed E-state index contributed by atoms with van der Waals surface area (Å²) in [4.78, 5) is 0.289. The quantitative estimate of drug-likeness (QED) is 0.885. The molecule has 6 nitrogen and oxygen atoms in total. The molecule has 21 heavy (non-hydrogen) atoms. The van der Waals surface area contributed by atoms with Crippen LogP contribution in [0.15, 0.2) is 15.4 Å². The summed E-state index contributed by atoms with van der Waals surface area (Å²) in [5, 5.41) is 3.14. The molecule has 2 bridgehead atoms. The maximum atomic E-state index is 12.8. The van der Waals surface area contributed by atoms with Crippen LogP contribution in [0.3, 0.4) is 0 Å². The number of aryl methyl sites for hydroxylation is 1. The van der Waals surface area contributed by atoms with E-state index in [4.69, 9.17) is 9.15 Å². The Morgan fingerprint density at radius 2 is 2.00 bits per heavy atom. The van der Waals surface area contributed by atoms with E-state index in [0.29, 0.717) is 31.2 Å². The van der Waals surface area contributed by atoms with Gasteiger partial charge >= 0.3 is 0 Å². The van der Waals surface area contributed by atoms with E-state index >= 15 is 0 Å². The van der Waals surface area contributed by atoms with Gasteiger partial charge in [0, 0.05) is 19.2 Å². The first-order chi connectivity index (χ1) is 10.0. The third-order valence-electron chi connectivity index (χ3n) is 4.10. The second-order valence-electron chi connectivity index (χ2n) is 5.69. The van der Waals surface area contributed by atoms with Gasteiger partial charge in [-0.3, -0.25) is 0 Å². The van der Waals surface area contributed by atoms with E-state index in [0.717, 1.165) is 19.4 Å². The van der Waals surface area contributed by atoms with Crippen molar-refractivity contribution in [2.24, 2.45) is 0 Å². The zero-order valence-corrected chi connectivity index (χ0v) is 13.3. The highest BCUT2D eigenvalue weighted by molar-refractivity contribution is 7.89. The van der Waals surface area contributed by atoms with Crippen LogP contribution in [-0.2, 0) is 21.3 Å². The fourth-order valence-corrected chi connectivity index (χ4v) is 4.72. The van der Waals surface area contributed by atoms with Crippen molar-refractivity contribution in [1.29, 1.82) is 0 Å². The summed E-state index contributed by atoms with van der Waals surface area (Å²) in [6, 6.07) is 1.64. The molecule has 1 aromatic rings. The summed E-state index contributed by atoms with van der Waals surface area (Å²) >= 11 is 0. The van der Waals surface area contributed by atoms with Gasteiger partial charge in [0.15, 0.2) is 0 Å². The molecule has 3 heterocycles. The van der Waals surface area contributed by atoms with E-state index in [1.165, 1.54) is 0 Å². The van der Waals surface area contributed by atoms with Crippen molar-refractivity contribution in [3.63, 3.8) is 0 Å². The number of nitrogens with one attached hydrogen (secondary N) is 1. The molecule has 0 spiro atoms. The molecule has 2 saturated heterocycles. The Balaban J connectivity index is 1.83. The predicted molar refractivity (Wildman–Crippen MR) is 77.5 cm³/mol. The first kappa shape index (κ1) is 15.0. The monoisotopic (exact) mass is 314 g/mol. The lowest BCUT2D eigenvalue weighted by molar-refractivity contribution is -0.0114. The standard InChI is InChI=1S/C14H22N2O4S/c1-3-15-7-13-6-14(10(2)19-13)21(17,18)16-8-11-4-5-12(9-16)20-11/h6,11-12,15H,3-5,7-9H2,1-2H3. The summed E-state index contributed by atoms with van der Waals surface area (Å²) in [5.41, 5.74) is 0. The summed E-state index contributed by atoms with van der Waals surface area (Å²) in [7, 11) is -3.49. The number of hydrogen-bond acceptors (Lipinski definition) is 5. The van der Waals surface area contributed by atoms with E-state index < -0.39 is 10.0 Å². The third-order valence-corrected chi connectivity index (χ3v) is 6.04. The fourth-order valence-electron chi connectivity index (χ4n) is 3.03. The normalized spacial score (nSPS) is 26.4. The Kier molecular flexibility index (Phi) is 4.09. The van der Waals surface area contributed by atoms with Gasteiger partial charge in [-0.2, -0.15) is 4.31 Å². The van der Waals surface area contributed by atoms with Crippen LogP contribution in [0.5, 0.6) is 0 Å². The van der Waals surface area contributed by atoms with Crippen LogP contribution < -0.4 is 5.32 Å². The van der Waals surface area contributed by atoms with Gasteiger partial charge < -0.3 is 14.5 Å². The molecule has 0 amide bonds. The van der Waals surface area contributed by atoms with E-state index in [-0.39, 0.29) is 17.1 Å². The molecule has 0 radical (unpaired) electrons. The first-order valence-electron chi connectivity index (χ1n) is 7.46. The summed E-state index contributed by atoms with van der Waals surface area (Å²) in [5.74, 6) is 1.12. The molecule has 0 aliphatic carbocycles. The van der Waals surface area contributed by atoms with Crippen LogP contribution in [0.25, 0.3) is 0 Å². The van der Waals surface area contributed by atoms with Crippen molar-refractivity contribution in [2.75, 3.05) is 19.6 Å². The molecule has 2 unspecified atom stereocenters. The zero-order chi connectivity index (χ0) is 15.0. The van der Waals surface area contributed by atoms with Gasteiger partial charge in [-0.05, 0) is 26.3 Å². The summed E-state index contributed by atoms with van der Waals surface area (Å²) in [6.45, 7) is 5.96. The molecule has 2 atom stereocenters. The minimum Gasteiger partial charge on any atom is -0.464 e. The van der Waals surface area contributed by atoms with E-state index in [9.17, 15) is 8.42 Å². The van der Waals surface area contributed by atoms with Crippen molar-refractivity contribution >= 4 is 10.0 Å². The molecule has 118 valence electrons. The number of nitrogens with zero attached hydrogens (tertiary/aromatic N) is 1. The molecule has 0 aromatic carbocycles. The smallest absolute Gasteiger partial charge is 0.246 e. The van der Waals surface area contributed by atoms with Crippen LogP contribution in [0.1, 0.15) is 31.3 Å². The summed E-state index contributed by atoms with van der Waals surface area (Å²) in [6.07, 6.45) is 2.00. The van der Waals surface area contributed by atoms with Crippen molar-refractivity contribution in [3.8, 4) is 0 Å². The van der Waals surface area contributed by atoms with Crippen LogP contribution in [-0.4, -0.2) is 44.6 Å². The number of furan rings is 1. The van der Waals surface area contributed by atoms with Crippen LogP contribution in [0.4, 0.5) is 0 Å². The molecule has 1 aromatic heterocycles. The number of morpholine rings is 1. The predicted octanol–water partition coefficient (Wildman–Crippen LogP) is 1.25. The highest BCUT2D eigenvalue weighted by atomic mass is 32.2.